The molecule has 0 N–H and O–H groups in total. The Hall–Kier alpha value is -1.93. The molecule has 1 nitrogen and oxygen atoms in total. The molecule has 0 aliphatic carbocycles. The number of hydrogen-bond acceptors (Lipinski definition) is 2. The van der Waals surface area contributed by atoms with Gasteiger partial charge < -0.3 is 0 Å². The van der Waals surface area contributed by atoms with Crippen LogP contribution in [0, 0.1) is 12.3 Å². The molecule has 0 fully saturated rings. The summed E-state index contributed by atoms with van der Waals surface area (Å²) < 4.78 is 4.65. The zero-order chi connectivity index (χ0) is 18.0. The maximum atomic E-state index is 4.65. The van der Waals surface area contributed by atoms with Crippen LogP contribution in [0.3, 0.4) is 0 Å². The molecule has 1 heterocycles. The van der Waals surface area contributed by atoms with Crippen molar-refractivity contribution in [1.82, 2.24) is 4.37 Å². The molecule has 0 aliphatic rings. The van der Waals surface area contributed by atoms with E-state index in [9.17, 15) is 0 Å². The van der Waals surface area contributed by atoms with Gasteiger partial charge in [0.05, 0.1) is 5.69 Å². The summed E-state index contributed by atoms with van der Waals surface area (Å²) in [4.78, 5) is 1.33. The van der Waals surface area contributed by atoms with E-state index in [1.165, 1.54) is 32.7 Å². The summed E-state index contributed by atoms with van der Waals surface area (Å²) in [5.74, 6) is 0. The average molecular weight is 350 g/mol. The van der Waals surface area contributed by atoms with E-state index in [2.05, 4.69) is 87.5 Å². The van der Waals surface area contributed by atoms with E-state index in [-0.39, 0.29) is 0 Å². The van der Waals surface area contributed by atoms with Crippen LogP contribution in [0.5, 0.6) is 0 Å². The lowest BCUT2D eigenvalue weighted by molar-refractivity contribution is 0.411. The first kappa shape index (κ1) is 17.9. The Morgan fingerprint density at radius 1 is 0.840 bits per heavy atom. The molecule has 3 aromatic rings. The standard InChI is InChI=1S/C23H27NS/c1-6-21-16(2)25-24-22(21)20-13-11-19(12-14-20)18-9-7-17(8-10-18)15-23(3,4)5/h7-14H,6,15H2,1-5H3. The fourth-order valence-corrected chi connectivity index (χ4v) is 4.08. The van der Waals surface area contributed by atoms with Crippen molar-refractivity contribution in [2.75, 3.05) is 0 Å². The molecular formula is C23H27NS. The number of hydrogen-bond donors (Lipinski definition) is 0. The fourth-order valence-electron chi connectivity index (χ4n) is 3.28. The zero-order valence-corrected chi connectivity index (χ0v) is 16.7. The summed E-state index contributed by atoms with van der Waals surface area (Å²) in [5, 5.41) is 0. The second-order valence-electron chi connectivity index (χ2n) is 7.93. The third-order valence-electron chi connectivity index (χ3n) is 4.52. The van der Waals surface area contributed by atoms with Gasteiger partial charge in [-0.2, -0.15) is 4.37 Å². The van der Waals surface area contributed by atoms with Crippen molar-refractivity contribution in [2.45, 2.75) is 47.5 Å². The van der Waals surface area contributed by atoms with Crippen LogP contribution in [0.15, 0.2) is 48.5 Å². The minimum absolute atomic E-state index is 0.325. The van der Waals surface area contributed by atoms with Crippen LogP contribution in [-0.4, -0.2) is 4.37 Å². The SMILES string of the molecule is CCc1c(-c2ccc(-c3ccc(CC(C)(C)C)cc3)cc2)nsc1C. The number of rotatable bonds is 4. The summed E-state index contributed by atoms with van der Waals surface area (Å²) in [7, 11) is 0. The van der Waals surface area contributed by atoms with E-state index in [0.717, 1.165) is 18.5 Å². The third-order valence-corrected chi connectivity index (χ3v) is 5.31. The summed E-state index contributed by atoms with van der Waals surface area (Å²) in [5.41, 5.74) is 8.01. The van der Waals surface area contributed by atoms with Crippen LogP contribution in [-0.2, 0) is 12.8 Å². The number of aromatic nitrogens is 1. The van der Waals surface area contributed by atoms with Gasteiger partial charge in [0.1, 0.15) is 0 Å². The molecule has 0 saturated heterocycles. The minimum Gasteiger partial charge on any atom is -0.192 e. The van der Waals surface area contributed by atoms with E-state index in [1.807, 2.05) is 0 Å². The van der Waals surface area contributed by atoms with Gasteiger partial charge in [0.15, 0.2) is 0 Å². The lowest BCUT2D eigenvalue weighted by Crippen LogP contribution is -2.08. The maximum absolute atomic E-state index is 4.65. The molecule has 130 valence electrons. The zero-order valence-electron chi connectivity index (χ0n) is 15.9. The predicted octanol–water partition coefficient (Wildman–Crippen LogP) is 6.94. The molecule has 0 atom stereocenters. The lowest BCUT2D eigenvalue weighted by Gasteiger charge is -2.18. The third kappa shape index (κ3) is 4.19. The van der Waals surface area contributed by atoms with Crippen molar-refractivity contribution in [3.63, 3.8) is 0 Å². The summed E-state index contributed by atoms with van der Waals surface area (Å²) >= 11 is 1.61. The van der Waals surface area contributed by atoms with Crippen molar-refractivity contribution in [3.8, 4) is 22.4 Å². The largest absolute Gasteiger partial charge is 0.192 e. The first-order chi connectivity index (χ1) is 11.9. The van der Waals surface area contributed by atoms with Crippen LogP contribution in [0.2, 0.25) is 0 Å². The summed E-state index contributed by atoms with van der Waals surface area (Å²) in [6.07, 6.45) is 2.14. The van der Waals surface area contributed by atoms with Crippen LogP contribution >= 0.6 is 11.5 Å². The van der Waals surface area contributed by atoms with Crippen molar-refractivity contribution >= 4 is 11.5 Å². The predicted molar refractivity (Wildman–Crippen MR) is 110 cm³/mol. The normalized spacial score (nSPS) is 11.7. The van der Waals surface area contributed by atoms with Gasteiger partial charge in [-0.1, -0.05) is 76.2 Å². The van der Waals surface area contributed by atoms with Crippen LogP contribution in [0.25, 0.3) is 22.4 Å². The number of nitrogens with zero attached hydrogens (tertiary/aromatic N) is 1. The molecular weight excluding hydrogens is 322 g/mol. The van der Waals surface area contributed by atoms with Crippen molar-refractivity contribution in [2.24, 2.45) is 5.41 Å². The van der Waals surface area contributed by atoms with E-state index < -0.39 is 0 Å². The molecule has 2 aromatic carbocycles. The first-order valence-corrected chi connectivity index (χ1v) is 9.79. The van der Waals surface area contributed by atoms with Gasteiger partial charge in [-0.3, -0.25) is 0 Å². The van der Waals surface area contributed by atoms with Crippen LogP contribution in [0.4, 0.5) is 0 Å². The van der Waals surface area contributed by atoms with Gasteiger partial charge in [0, 0.05) is 10.4 Å². The Bertz CT molecular complexity index is 833. The Kier molecular flexibility index (Phi) is 5.10. The molecule has 1 aromatic heterocycles. The molecule has 0 unspecified atom stereocenters. The molecule has 0 aliphatic heterocycles. The lowest BCUT2D eigenvalue weighted by atomic mass is 9.87. The topological polar surface area (TPSA) is 12.9 Å². The Labute approximate surface area is 155 Å². The van der Waals surface area contributed by atoms with Gasteiger partial charge in [0.2, 0.25) is 0 Å². The minimum atomic E-state index is 0.325. The summed E-state index contributed by atoms with van der Waals surface area (Å²) in [6, 6.07) is 17.8. The second kappa shape index (κ2) is 7.13. The van der Waals surface area contributed by atoms with Gasteiger partial charge in [-0.15, -0.1) is 0 Å². The quantitative estimate of drug-likeness (QED) is 0.497. The van der Waals surface area contributed by atoms with E-state index in [0.29, 0.717) is 5.41 Å². The second-order valence-corrected chi connectivity index (χ2v) is 8.91. The highest BCUT2D eigenvalue weighted by Gasteiger charge is 2.12. The monoisotopic (exact) mass is 349 g/mol. The Morgan fingerprint density at radius 3 is 1.88 bits per heavy atom. The van der Waals surface area contributed by atoms with Crippen molar-refractivity contribution in [3.05, 3.63) is 64.5 Å². The Balaban J connectivity index is 1.83. The highest BCUT2D eigenvalue weighted by molar-refractivity contribution is 7.06. The van der Waals surface area contributed by atoms with Crippen LogP contribution in [0.1, 0.15) is 43.7 Å². The molecule has 0 bridgehead atoms. The van der Waals surface area contributed by atoms with Gasteiger partial charge >= 0.3 is 0 Å². The van der Waals surface area contributed by atoms with E-state index in [4.69, 9.17) is 0 Å². The fraction of sp³-hybridized carbons (Fsp3) is 0.348. The molecule has 0 saturated carbocycles. The number of aryl methyl sites for hydroxylation is 1. The molecule has 3 rings (SSSR count). The van der Waals surface area contributed by atoms with Crippen molar-refractivity contribution < 1.29 is 0 Å². The highest BCUT2D eigenvalue weighted by atomic mass is 32.1. The smallest absolute Gasteiger partial charge is 0.0875 e. The van der Waals surface area contributed by atoms with Gasteiger partial charge in [0.25, 0.3) is 0 Å². The Morgan fingerprint density at radius 2 is 1.36 bits per heavy atom. The maximum Gasteiger partial charge on any atom is 0.0875 e. The van der Waals surface area contributed by atoms with Gasteiger partial charge in [-0.25, -0.2) is 0 Å². The number of benzene rings is 2. The molecule has 0 amide bonds. The molecule has 2 heteroatoms. The van der Waals surface area contributed by atoms with E-state index in [1.54, 1.807) is 11.5 Å². The van der Waals surface area contributed by atoms with Crippen molar-refractivity contribution in [1.29, 1.82) is 0 Å². The molecule has 25 heavy (non-hydrogen) atoms. The molecule has 0 spiro atoms. The first-order valence-electron chi connectivity index (χ1n) is 9.02. The van der Waals surface area contributed by atoms with Gasteiger partial charge in [-0.05, 0) is 59.0 Å². The highest BCUT2D eigenvalue weighted by Crippen LogP contribution is 2.30. The van der Waals surface area contributed by atoms with Crippen LogP contribution < -0.4 is 0 Å². The molecule has 0 radical (unpaired) electrons. The summed E-state index contributed by atoms with van der Waals surface area (Å²) in [6.45, 7) is 11.2. The average Bonchev–Trinajstić information content (AvgIpc) is 2.95. The van der Waals surface area contributed by atoms with E-state index >= 15 is 0 Å².